The average Bonchev–Trinajstić information content (AvgIpc) is 3.25. The third-order valence-corrected chi connectivity index (χ3v) is 8.26. The van der Waals surface area contributed by atoms with Gasteiger partial charge in [-0.05, 0) is 86.0 Å². The summed E-state index contributed by atoms with van der Waals surface area (Å²) in [5, 5.41) is 3.91. The quantitative estimate of drug-likeness (QED) is 0.167. The number of hydrogen-bond donors (Lipinski definition) is 2. The molecule has 1 heterocycles. The van der Waals surface area contributed by atoms with Crippen LogP contribution in [0.4, 0.5) is 24.5 Å². The summed E-state index contributed by atoms with van der Waals surface area (Å²) < 4.78 is 45.7. The number of aromatic nitrogens is 1. The van der Waals surface area contributed by atoms with Crippen LogP contribution in [0.25, 0.3) is 10.2 Å². The molecule has 0 amide bonds. The van der Waals surface area contributed by atoms with Gasteiger partial charge < -0.3 is 15.6 Å². The Morgan fingerprint density at radius 1 is 0.974 bits per heavy atom. The lowest BCUT2D eigenvalue weighted by atomic mass is 10.1. The highest BCUT2D eigenvalue weighted by molar-refractivity contribution is 8.49. The monoisotopic (exact) mass is 615 g/mol. The second-order valence-corrected chi connectivity index (χ2v) is 11.6. The maximum atomic E-state index is 12.9. The van der Waals surface area contributed by atoms with E-state index in [1.165, 1.54) is 41.3 Å². The van der Waals surface area contributed by atoms with Crippen LogP contribution in [0.3, 0.4) is 0 Å². The Hall–Kier alpha value is -2.05. The first-order chi connectivity index (χ1) is 18.0. The van der Waals surface area contributed by atoms with E-state index in [1.54, 1.807) is 6.92 Å². The molecule has 214 valence electrons. The second kappa shape index (κ2) is 16.3. The van der Waals surface area contributed by atoms with E-state index in [4.69, 9.17) is 10.5 Å². The summed E-state index contributed by atoms with van der Waals surface area (Å²) in [7, 11) is 0.244. The molecule has 2 atom stereocenters. The molecule has 1 aromatic heterocycles. The molecule has 0 aliphatic carbocycles. The van der Waals surface area contributed by atoms with Gasteiger partial charge in [0.1, 0.15) is 5.75 Å². The summed E-state index contributed by atoms with van der Waals surface area (Å²) in [6.45, 7) is 13.9. The molecule has 0 saturated heterocycles. The normalized spacial score (nSPS) is 10.8. The minimum absolute atomic E-state index is 0. The van der Waals surface area contributed by atoms with Crippen molar-refractivity contribution in [3.63, 3.8) is 0 Å². The molecule has 0 bridgehead atoms. The van der Waals surface area contributed by atoms with Crippen molar-refractivity contribution in [3.05, 3.63) is 70.8 Å². The standard InChI is InChI=1S/C23H21F3N3OPS2.C3H8.C2H6.H3P/c1-12-8-15(23(24,25)26)4-6-19(12)33-31-29-17-9-13(2)21(14(3)10-17)30-22-28-18-11-16(27)5-7-20(18)32-22;1-3-2;1-2;/h4-11,29,31H,27H2,1-3H3;3H2,1-2H3;1-2H3;1H3. The third kappa shape index (κ3) is 10.1. The van der Waals surface area contributed by atoms with Crippen molar-refractivity contribution in [1.29, 1.82) is 0 Å². The molecule has 2 unspecified atom stereocenters. The fourth-order valence-corrected chi connectivity index (χ4v) is 6.42. The van der Waals surface area contributed by atoms with Gasteiger partial charge in [0.05, 0.1) is 15.8 Å². The summed E-state index contributed by atoms with van der Waals surface area (Å²) >= 11 is 2.94. The molecule has 3 aromatic carbocycles. The summed E-state index contributed by atoms with van der Waals surface area (Å²) in [6, 6.07) is 13.4. The van der Waals surface area contributed by atoms with Gasteiger partial charge in [-0.3, -0.25) is 0 Å². The summed E-state index contributed by atoms with van der Waals surface area (Å²) in [5.41, 5.74) is 10.1. The highest BCUT2D eigenvalue weighted by Crippen LogP contribution is 2.42. The first kappa shape index (κ1) is 35.0. The summed E-state index contributed by atoms with van der Waals surface area (Å²) in [6.07, 6.45) is -3.08. The van der Waals surface area contributed by atoms with Crippen LogP contribution in [0.15, 0.2) is 53.4 Å². The Morgan fingerprint density at radius 3 is 2.15 bits per heavy atom. The lowest BCUT2D eigenvalue weighted by molar-refractivity contribution is -0.137. The van der Waals surface area contributed by atoms with Crippen molar-refractivity contribution in [2.24, 2.45) is 0 Å². The van der Waals surface area contributed by atoms with Crippen molar-refractivity contribution >= 4 is 62.1 Å². The van der Waals surface area contributed by atoms with Crippen molar-refractivity contribution < 1.29 is 17.9 Å². The van der Waals surface area contributed by atoms with Crippen LogP contribution in [0, 0.1) is 20.8 Å². The summed E-state index contributed by atoms with van der Waals surface area (Å²) in [5.74, 6) is 0.752. The predicted molar refractivity (Wildman–Crippen MR) is 172 cm³/mol. The van der Waals surface area contributed by atoms with Gasteiger partial charge in [0.25, 0.3) is 5.19 Å². The van der Waals surface area contributed by atoms with Crippen molar-refractivity contribution in [3.8, 4) is 10.9 Å². The highest BCUT2D eigenvalue weighted by atomic mass is 32.7. The number of halogens is 3. The molecule has 0 aliphatic heterocycles. The highest BCUT2D eigenvalue weighted by Gasteiger charge is 2.30. The van der Waals surface area contributed by atoms with E-state index >= 15 is 0 Å². The Morgan fingerprint density at radius 2 is 1.59 bits per heavy atom. The number of nitrogens with zero attached hydrogens (tertiary/aromatic N) is 1. The largest absolute Gasteiger partial charge is 0.430 e. The van der Waals surface area contributed by atoms with Gasteiger partial charge in [0, 0.05) is 24.2 Å². The van der Waals surface area contributed by atoms with Gasteiger partial charge in [0.15, 0.2) is 0 Å². The lowest BCUT2D eigenvalue weighted by Crippen LogP contribution is -2.04. The van der Waals surface area contributed by atoms with Gasteiger partial charge >= 0.3 is 6.18 Å². The molecule has 3 N–H and O–H groups in total. The zero-order chi connectivity index (χ0) is 28.5. The number of alkyl halides is 3. The lowest BCUT2D eigenvalue weighted by Gasteiger charge is -2.14. The second-order valence-electron chi connectivity index (χ2n) is 8.26. The van der Waals surface area contributed by atoms with Crippen LogP contribution in [-0.4, -0.2) is 4.98 Å². The van der Waals surface area contributed by atoms with Crippen LogP contribution < -0.4 is 15.6 Å². The minimum atomic E-state index is -4.33. The molecular formula is C28H38F3N3OP2S2. The number of rotatable bonds is 6. The van der Waals surface area contributed by atoms with Crippen LogP contribution in [0.1, 0.15) is 56.4 Å². The number of anilines is 2. The van der Waals surface area contributed by atoms with Gasteiger partial charge in [-0.25, -0.2) is 4.98 Å². The molecule has 0 radical (unpaired) electrons. The SMILES string of the molecule is CC.CCC.Cc1cc(C(F)(F)F)ccc1SPNc1cc(C)c(Oc2nc3cc(N)ccc3s2)c(C)c1.P. The van der Waals surface area contributed by atoms with E-state index in [2.05, 4.69) is 23.9 Å². The smallest absolute Gasteiger partial charge is 0.416 e. The molecule has 11 heteroatoms. The number of fused-ring (bicyclic) bond motifs is 1. The molecule has 0 spiro atoms. The van der Waals surface area contributed by atoms with Crippen molar-refractivity contribution in [2.75, 3.05) is 10.8 Å². The number of thiazole rings is 1. The first-order valence-corrected chi connectivity index (χ1v) is 15.7. The van der Waals surface area contributed by atoms with E-state index in [-0.39, 0.29) is 17.8 Å². The minimum Gasteiger partial charge on any atom is -0.430 e. The average molecular weight is 616 g/mol. The van der Waals surface area contributed by atoms with Gasteiger partial charge in [0.2, 0.25) is 0 Å². The predicted octanol–water partition coefficient (Wildman–Crippen LogP) is 10.8. The van der Waals surface area contributed by atoms with E-state index in [9.17, 15) is 13.2 Å². The molecule has 39 heavy (non-hydrogen) atoms. The van der Waals surface area contributed by atoms with Gasteiger partial charge in [-0.15, -0.1) is 0 Å². The first-order valence-electron chi connectivity index (χ1n) is 12.3. The molecule has 4 rings (SSSR count). The van der Waals surface area contributed by atoms with Crippen molar-refractivity contribution in [1.82, 2.24) is 4.98 Å². The number of hydrogen-bond acceptors (Lipinski definition) is 6. The van der Waals surface area contributed by atoms with E-state index in [0.29, 0.717) is 16.4 Å². The van der Waals surface area contributed by atoms with Crippen LogP contribution in [0.5, 0.6) is 10.9 Å². The van der Waals surface area contributed by atoms with E-state index in [0.717, 1.165) is 43.7 Å². The third-order valence-electron chi connectivity index (χ3n) is 4.90. The molecular weight excluding hydrogens is 577 g/mol. The number of aryl methyl sites for hydroxylation is 3. The number of ether oxygens (including phenoxy) is 1. The Kier molecular flexibility index (Phi) is 14.6. The number of nitrogens with one attached hydrogen (secondary N) is 1. The maximum Gasteiger partial charge on any atom is 0.416 e. The number of nitrogen functional groups attached to an aromatic ring is 1. The van der Waals surface area contributed by atoms with Crippen LogP contribution in [-0.2, 0) is 6.18 Å². The molecule has 0 aliphatic rings. The molecule has 4 aromatic rings. The maximum absolute atomic E-state index is 12.9. The van der Waals surface area contributed by atoms with Gasteiger partial charge in [-0.1, -0.05) is 56.8 Å². The zero-order valence-corrected chi connectivity index (χ0v) is 27.5. The zero-order valence-electron chi connectivity index (χ0n) is 23.4. The Balaban J connectivity index is 0.00000119. The fraction of sp³-hybridized carbons (Fsp3) is 0.321. The Labute approximate surface area is 242 Å². The Bertz CT molecular complexity index is 1320. The molecule has 4 nitrogen and oxygen atoms in total. The van der Waals surface area contributed by atoms with Crippen molar-refractivity contribution in [2.45, 2.75) is 66.0 Å². The van der Waals surface area contributed by atoms with E-state index in [1.807, 2.05) is 58.0 Å². The molecule has 0 fully saturated rings. The number of benzene rings is 3. The number of nitrogens with two attached hydrogens (primary N) is 1. The van der Waals surface area contributed by atoms with Gasteiger partial charge in [-0.2, -0.15) is 23.1 Å². The van der Waals surface area contributed by atoms with Crippen LogP contribution >= 0.6 is 40.6 Å². The van der Waals surface area contributed by atoms with E-state index < -0.39 is 11.7 Å². The summed E-state index contributed by atoms with van der Waals surface area (Å²) in [4.78, 5) is 5.33. The fourth-order valence-electron chi connectivity index (χ4n) is 3.32. The topological polar surface area (TPSA) is 60.2 Å². The molecule has 0 saturated carbocycles. The van der Waals surface area contributed by atoms with Crippen LogP contribution in [0.2, 0.25) is 0 Å².